The van der Waals surface area contributed by atoms with Gasteiger partial charge in [0.15, 0.2) is 5.78 Å². The Hall–Kier alpha value is -2.29. The van der Waals surface area contributed by atoms with Gasteiger partial charge in [-0.2, -0.15) is 0 Å². The van der Waals surface area contributed by atoms with Crippen molar-refractivity contribution in [1.82, 2.24) is 0 Å². The van der Waals surface area contributed by atoms with Gasteiger partial charge in [0.05, 0.1) is 19.2 Å². The van der Waals surface area contributed by atoms with E-state index >= 15 is 0 Å². The topological polar surface area (TPSA) is 38.3 Å². The van der Waals surface area contributed by atoms with Crippen molar-refractivity contribution in [3.05, 3.63) is 59.7 Å². The molecule has 0 aliphatic carbocycles. The fourth-order valence-corrected chi connectivity index (χ4v) is 1.91. The number of para-hydroxylation sites is 1. The molecule has 0 bridgehead atoms. The zero-order valence-corrected chi connectivity index (χ0v) is 11.1. The van der Waals surface area contributed by atoms with E-state index in [1.165, 1.54) is 0 Å². The molecule has 3 nitrogen and oxygen atoms in total. The molecule has 2 aromatic carbocycles. The van der Waals surface area contributed by atoms with Crippen molar-refractivity contribution in [2.45, 2.75) is 6.92 Å². The number of nitrogens with one attached hydrogen (secondary N) is 1. The number of ketones is 1. The lowest BCUT2D eigenvalue weighted by Crippen LogP contribution is -2.14. The van der Waals surface area contributed by atoms with E-state index < -0.39 is 0 Å². The highest BCUT2D eigenvalue weighted by Gasteiger charge is 2.10. The van der Waals surface area contributed by atoms with Crippen molar-refractivity contribution in [3.8, 4) is 5.75 Å². The molecule has 2 rings (SSSR count). The summed E-state index contributed by atoms with van der Waals surface area (Å²) in [6, 6.07) is 15.2. The summed E-state index contributed by atoms with van der Waals surface area (Å²) in [6.45, 7) is 2.27. The summed E-state index contributed by atoms with van der Waals surface area (Å²) < 4.78 is 5.19. The molecule has 0 saturated heterocycles. The summed E-state index contributed by atoms with van der Waals surface area (Å²) in [4.78, 5) is 12.1. The first-order valence-electron chi connectivity index (χ1n) is 6.17. The molecule has 0 radical (unpaired) electrons. The molecule has 0 spiro atoms. The second-order valence-corrected chi connectivity index (χ2v) is 4.35. The van der Waals surface area contributed by atoms with Crippen LogP contribution in [0, 0.1) is 6.92 Å². The van der Waals surface area contributed by atoms with E-state index in [0.29, 0.717) is 11.3 Å². The number of carbonyl (C=O) groups excluding carboxylic acids is 1. The highest BCUT2D eigenvalue weighted by atomic mass is 16.5. The zero-order valence-electron chi connectivity index (χ0n) is 11.1. The molecule has 0 unspecified atom stereocenters. The maximum absolute atomic E-state index is 12.1. The lowest BCUT2D eigenvalue weighted by molar-refractivity contribution is 0.100. The minimum Gasteiger partial charge on any atom is -0.496 e. The van der Waals surface area contributed by atoms with Gasteiger partial charge >= 0.3 is 0 Å². The smallest absolute Gasteiger partial charge is 0.185 e. The third-order valence-electron chi connectivity index (χ3n) is 2.88. The Kier molecular flexibility index (Phi) is 4.18. The molecule has 98 valence electrons. The van der Waals surface area contributed by atoms with Crippen LogP contribution in [0.1, 0.15) is 15.9 Å². The maximum Gasteiger partial charge on any atom is 0.185 e. The Bertz CT molecular complexity index is 578. The van der Waals surface area contributed by atoms with Crippen molar-refractivity contribution in [1.29, 1.82) is 0 Å². The Balaban J connectivity index is 2.05. The molecule has 2 aromatic rings. The normalized spacial score (nSPS) is 10.0. The van der Waals surface area contributed by atoms with Crippen molar-refractivity contribution in [2.24, 2.45) is 0 Å². The average Bonchev–Trinajstić information content (AvgIpc) is 2.45. The molecule has 0 heterocycles. The molecular formula is C16H17NO2. The number of aryl methyl sites for hydroxylation is 1. The zero-order chi connectivity index (χ0) is 13.7. The van der Waals surface area contributed by atoms with Crippen LogP contribution in [0.2, 0.25) is 0 Å². The quantitative estimate of drug-likeness (QED) is 0.833. The molecule has 0 aliphatic rings. The molecule has 0 fully saturated rings. The Morgan fingerprint density at radius 2 is 1.95 bits per heavy atom. The molecule has 0 aliphatic heterocycles. The summed E-state index contributed by atoms with van der Waals surface area (Å²) >= 11 is 0. The van der Waals surface area contributed by atoms with E-state index in [1.807, 2.05) is 43.3 Å². The first kappa shape index (κ1) is 13.1. The summed E-state index contributed by atoms with van der Waals surface area (Å²) in [5.74, 6) is 0.623. The Labute approximate surface area is 113 Å². The lowest BCUT2D eigenvalue weighted by atomic mass is 10.1. The van der Waals surface area contributed by atoms with E-state index in [9.17, 15) is 4.79 Å². The third kappa shape index (κ3) is 3.35. The van der Waals surface area contributed by atoms with Crippen molar-refractivity contribution in [2.75, 3.05) is 19.0 Å². The predicted molar refractivity (Wildman–Crippen MR) is 77.0 cm³/mol. The molecule has 0 amide bonds. The van der Waals surface area contributed by atoms with Gasteiger partial charge in [0.2, 0.25) is 0 Å². The number of hydrogen-bond donors (Lipinski definition) is 1. The van der Waals surface area contributed by atoms with Gasteiger partial charge in [0.25, 0.3) is 0 Å². The van der Waals surface area contributed by atoms with E-state index in [2.05, 4.69) is 5.32 Å². The van der Waals surface area contributed by atoms with Gasteiger partial charge in [-0.15, -0.1) is 0 Å². The monoisotopic (exact) mass is 255 g/mol. The van der Waals surface area contributed by atoms with Crippen molar-refractivity contribution < 1.29 is 9.53 Å². The second kappa shape index (κ2) is 6.05. The minimum atomic E-state index is 0.0129. The standard InChI is InChI=1S/C16H17NO2/c1-12-6-5-7-13(10-12)17-11-15(18)14-8-3-4-9-16(14)19-2/h3-10,17H,11H2,1-2H3. The van der Waals surface area contributed by atoms with E-state index in [1.54, 1.807) is 19.2 Å². The van der Waals surface area contributed by atoms with Crippen LogP contribution in [0.25, 0.3) is 0 Å². The highest BCUT2D eigenvalue weighted by Crippen LogP contribution is 2.18. The number of anilines is 1. The highest BCUT2D eigenvalue weighted by molar-refractivity contribution is 6.01. The number of methoxy groups -OCH3 is 1. The SMILES string of the molecule is COc1ccccc1C(=O)CNc1cccc(C)c1. The van der Waals surface area contributed by atoms with Crippen LogP contribution < -0.4 is 10.1 Å². The van der Waals surface area contributed by atoms with Crippen molar-refractivity contribution >= 4 is 11.5 Å². The summed E-state index contributed by atoms with van der Waals surface area (Å²) in [6.07, 6.45) is 0. The molecule has 0 atom stereocenters. The van der Waals surface area contributed by atoms with Gasteiger partial charge in [-0.3, -0.25) is 4.79 Å². The largest absolute Gasteiger partial charge is 0.496 e. The minimum absolute atomic E-state index is 0.0129. The van der Waals surface area contributed by atoms with Crippen LogP contribution in [0.4, 0.5) is 5.69 Å². The molecule has 3 heteroatoms. The Morgan fingerprint density at radius 1 is 1.16 bits per heavy atom. The molecular weight excluding hydrogens is 238 g/mol. The summed E-state index contributed by atoms with van der Waals surface area (Å²) in [7, 11) is 1.57. The second-order valence-electron chi connectivity index (χ2n) is 4.35. The lowest BCUT2D eigenvalue weighted by Gasteiger charge is -2.09. The van der Waals surface area contributed by atoms with Crippen LogP contribution in [-0.2, 0) is 0 Å². The van der Waals surface area contributed by atoms with E-state index in [-0.39, 0.29) is 12.3 Å². The van der Waals surface area contributed by atoms with Gasteiger partial charge in [-0.1, -0.05) is 24.3 Å². The van der Waals surface area contributed by atoms with Crippen LogP contribution >= 0.6 is 0 Å². The van der Waals surface area contributed by atoms with Gasteiger partial charge in [0, 0.05) is 5.69 Å². The van der Waals surface area contributed by atoms with Gasteiger partial charge < -0.3 is 10.1 Å². The molecule has 0 aromatic heterocycles. The van der Waals surface area contributed by atoms with Crippen LogP contribution in [0.3, 0.4) is 0 Å². The van der Waals surface area contributed by atoms with Gasteiger partial charge in [-0.25, -0.2) is 0 Å². The average molecular weight is 255 g/mol. The van der Waals surface area contributed by atoms with Crippen LogP contribution in [-0.4, -0.2) is 19.4 Å². The van der Waals surface area contributed by atoms with E-state index in [0.717, 1.165) is 11.3 Å². The number of rotatable bonds is 5. The third-order valence-corrected chi connectivity index (χ3v) is 2.88. The first-order valence-corrected chi connectivity index (χ1v) is 6.17. The first-order chi connectivity index (χ1) is 9.20. The molecule has 0 saturated carbocycles. The molecule has 1 N–H and O–H groups in total. The van der Waals surface area contributed by atoms with Crippen molar-refractivity contribution in [3.63, 3.8) is 0 Å². The van der Waals surface area contributed by atoms with Crippen LogP contribution in [0.5, 0.6) is 5.75 Å². The number of ether oxygens (including phenoxy) is 1. The molecule has 19 heavy (non-hydrogen) atoms. The number of Topliss-reactive ketones (excluding diaryl/α,β-unsaturated/α-hetero) is 1. The fourth-order valence-electron chi connectivity index (χ4n) is 1.91. The summed E-state index contributed by atoms with van der Waals surface area (Å²) in [5.41, 5.74) is 2.71. The van der Waals surface area contributed by atoms with E-state index in [4.69, 9.17) is 4.74 Å². The number of benzene rings is 2. The Morgan fingerprint density at radius 3 is 2.68 bits per heavy atom. The summed E-state index contributed by atoms with van der Waals surface area (Å²) in [5, 5.41) is 3.13. The number of hydrogen-bond acceptors (Lipinski definition) is 3. The maximum atomic E-state index is 12.1. The van der Waals surface area contributed by atoms with Gasteiger partial charge in [0.1, 0.15) is 5.75 Å². The number of carbonyl (C=O) groups is 1. The predicted octanol–water partition coefficient (Wildman–Crippen LogP) is 3.30. The van der Waals surface area contributed by atoms with Gasteiger partial charge in [-0.05, 0) is 36.8 Å². The van der Waals surface area contributed by atoms with Crippen LogP contribution in [0.15, 0.2) is 48.5 Å². The fraction of sp³-hybridized carbons (Fsp3) is 0.188.